The van der Waals surface area contributed by atoms with Crippen molar-refractivity contribution < 1.29 is 4.79 Å². The highest BCUT2D eigenvalue weighted by atomic mass is 35.5. The fraction of sp³-hybridized carbons (Fsp3) is 0.176. The van der Waals surface area contributed by atoms with E-state index in [1.54, 1.807) is 49.2 Å². The summed E-state index contributed by atoms with van der Waals surface area (Å²) in [5.74, 6) is -0.281. The van der Waals surface area contributed by atoms with E-state index in [1.807, 2.05) is 6.07 Å². The number of pyridine rings is 1. The van der Waals surface area contributed by atoms with Gasteiger partial charge in [-0.05, 0) is 24.3 Å². The van der Waals surface area contributed by atoms with Crippen molar-refractivity contribution in [1.82, 2.24) is 19.7 Å². The largest absolute Gasteiger partial charge is 0.328 e. The Hall–Kier alpha value is -2.62. The van der Waals surface area contributed by atoms with Crippen LogP contribution in [0.4, 0.5) is 0 Å². The van der Waals surface area contributed by atoms with Crippen LogP contribution in [-0.4, -0.2) is 39.2 Å². The molecule has 0 atom stereocenters. The predicted octanol–water partition coefficient (Wildman–Crippen LogP) is 3.54. The van der Waals surface area contributed by atoms with Crippen LogP contribution in [0.1, 0.15) is 10.4 Å². The molecule has 6 nitrogen and oxygen atoms in total. The molecule has 3 rings (SSSR count). The van der Waals surface area contributed by atoms with Crippen LogP contribution >= 0.6 is 23.2 Å². The maximum absolute atomic E-state index is 12.7. The van der Waals surface area contributed by atoms with Gasteiger partial charge in [0.1, 0.15) is 6.54 Å². The maximum Gasteiger partial charge on any atom is 0.255 e. The number of nitriles is 1. The molecular weight excluding hydrogens is 361 g/mol. The van der Waals surface area contributed by atoms with Crippen molar-refractivity contribution in [3.63, 3.8) is 0 Å². The maximum atomic E-state index is 12.7. The van der Waals surface area contributed by atoms with E-state index in [0.29, 0.717) is 37.9 Å². The number of halogens is 2. The average Bonchev–Trinajstić information content (AvgIpc) is 2.94. The number of amides is 1. The molecule has 0 unspecified atom stereocenters. The Morgan fingerprint density at radius 3 is 2.60 bits per heavy atom. The molecule has 0 bridgehead atoms. The second-order valence-electron chi connectivity index (χ2n) is 5.54. The molecule has 0 saturated carbocycles. The van der Waals surface area contributed by atoms with Crippen LogP contribution < -0.4 is 0 Å². The fourth-order valence-electron chi connectivity index (χ4n) is 2.52. The lowest BCUT2D eigenvalue weighted by Crippen LogP contribution is -2.27. The lowest BCUT2D eigenvalue weighted by molar-refractivity contribution is 0.0814. The summed E-state index contributed by atoms with van der Waals surface area (Å²) in [7, 11) is 3.32. The molecular formula is C17H13Cl2N5O. The van der Waals surface area contributed by atoms with Gasteiger partial charge in [-0.25, -0.2) is 4.98 Å². The molecule has 1 amide bonds. The summed E-state index contributed by atoms with van der Waals surface area (Å²) in [6.45, 7) is -0.0127. The zero-order valence-corrected chi connectivity index (χ0v) is 15.0. The van der Waals surface area contributed by atoms with E-state index >= 15 is 0 Å². The van der Waals surface area contributed by atoms with Crippen molar-refractivity contribution in [3.8, 4) is 17.3 Å². The van der Waals surface area contributed by atoms with Gasteiger partial charge >= 0.3 is 0 Å². The molecule has 8 heteroatoms. The first kappa shape index (κ1) is 17.2. The molecule has 0 aliphatic carbocycles. The minimum Gasteiger partial charge on any atom is -0.328 e. The van der Waals surface area contributed by atoms with E-state index in [1.165, 1.54) is 4.90 Å². The molecule has 2 heterocycles. The second-order valence-corrected chi connectivity index (χ2v) is 6.41. The SMILES string of the molecule is CN(CC#N)C(=O)c1cc(-c2cc(Cl)cc(Cl)c2)nc2c1cnn2C. The van der Waals surface area contributed by atoms with Gasteiger partial charge in [0, 0.05) is 29.7 Å². The van der Waals surface area contributed by atoms with Crippen molar-refractivity contribution in [2.24, 2.45) is 7.05 Å². The van der Waals surface area contributed by atoms with Crippen LogP contribution in [0, 0.1) is 11.3 Å². The Balaban J connectivity index is 2.23. The van der Waals surface area contributed by atoms with Gasteiger partial charge in [-0.1, -0.05) is 23.2 Å². The molecule has 2 aromatic heterocycles. The normalized spacial score (nSPS) is 10.7. The van der Waals surface area contributed by atoms with E-state index in [0.717, 1.165) is 0 Å². The number of nitrogens with zero attached hydrogens (tertiary/aromatic N) is 5. The molecule has 25 heavy (non-hydrogen) atoms. The Morgan fingerprint density at radius 1 is 1.28 bits per heavy atom. The predicted molar refractivity (Wildman–Crippen MR) is 96.5 cm³/mol. The van der Waals surface area contributed by atoms with Crippen molar-refractivity contribution >= 4 is 40.1 Å². The fourth-order valence-corrected chi connectivity index (χ4v) is 3.05. The van der Waals surface area contributed by atoms with Gasteiger partial charge in [0.15, 0.2) is 5.65 Å². The summed E-state index contributed by atoms with van der Waals surface area (Å²) in [4.78, 5) is 18.7. The van der Waals surface area contributed by atoms with Crippen LogP contribution in [-0.2, 0) is 7.05 Å². The average molecular weight is 374 g/mol. The zero-order valence-electron chi connectivity index (χ0n) is 13.5. The number of aromatic nitrogens is 3. The van der Waals surface area contributed by atoms with Gasteiger partial charge < -0.3 is 4.90 Å². The minimum atomic E-state index is -0.281. The third kappa shape index (κ3) is 3.29. The Labute approximate surface area is 154 Å². The van der Waals surface area contributed by atoms with Crippen LogP contribution in [0.25, 0.3) is 22.3 Å². The third-order valence-electron chi connectivity index (χ3n) is 3.75. The highest BCUT2D eigenvalue weighted by Gasteiger charge is 2.19. The lowest BCUT2D eigenvalue weighted by atomic mass is 10.1. The molecule has 0 radical (unpaired) electrons. The molecule has 0 aliphatic rings. The van der Waals surface area contributed by atoms with E-state index in [2.05, 4.69) is 10.1 Å². The molecule has 0 aliphatic heterocycles. The van der Waals surface area contributed by atoms with E-state index in [-0.39, 0.29) is 12.5 Å². The standard InChI is InChI=1S/C17H13Cl2N5O/c1-23(4-3-20)17(25)13-8-15(10-5-11(18)7-12(19)6-10)22-16-14(13)9-21-24(16)2/h5-9H,4H2,1-2H3. The molecule has 0 spiro atoms. The Morgan fingerprint density at radius 2 is 1.96 bits per heavy atom. The van der Waals surface area contributed by atoms with Gasteiger partial charge in [-0.2, -0.15) is 10.4 Å². The monoisotopic (exact) mass is 373 g/mol. The third-order valence-corrected chi connectivity index (χ3v) is 4.18. The summed E-state index contributed by atoms with van der Waals surface area (Å²) in [5, 5.41) is 14.6. The lowest BCUT2D eigenvalue weighted by Gasteiger charge is -2.14. The minimum absolute atomic E-state index is 0.0127. The topological polar surface area (TPSA) is 74.8 Å². The number of aryl methyl sites for hydroxylation is 1. The number of carbonyl (C=O) groups is 1. The molecule has 126 valence electrons. The number of fused-ring (bicyclic) bond motifs is 1. The van der Waals surface area contributed by atoms with E-state index < -0.39 is 0 Å². The van der Waals surface area contributed by atoms with Gasteiger partial charge in [0.05, 0.1) is 28.9 Å². The van der Waals surface area contributed by atoms with Crippen LogP contribution in [0.5, 0.6) is 0 Å². The van der Waals surface area contributed by atoms with Crippen LogP contribution in [0.15, 0.2) is 30.5 Å². The van der Waals surface area contributed by atoms with E-state index in [9.17, 15) is 4.79 Å². The van der Waals surface area contributed by atoms with Gasteiger partial charge in [-0.15, -0.1) is 0 Å². The summed E-state index contributed by atoms with van der Waals surface area (Å²) < 4.78 is 1.59. The number of hydrogen-bond acceptors (Lipinski definition) is 4. The molecule has 0 fully saturated rings. The van der Waals surface area contributed by atoms with Gasteiger partial charge in [0.25, 0.3) is 5.91 Å². The molecule has 0 N–H and O–H groups in total. The number of carbonyl (C=O) groups excluding carboxylic acids is 1. The highest BCUT2D eigenvalue weighted by molar-refractivity contribution is 6.35. The van der Waals surface area contributed by atoms with Crippen molar-refractivity contribution in [2.45, 2.75) is 0 Å². The van der Waals surface area contributed by atoms with Crippen LogP contribution in [0.2, 0.25) is 10.0 Å². The smallest absolute Gasteiger partial charge is 0.255 e. The van der Waals surface area contributed by atoms with Crippen LogP contribution in [0.3, 0.4) is 0 Å². The summed E-state index contributed by atoms with van der Waals surface area (Å²) >= 11 is 12.2. The summed E-state index contributed by atoms with van der Waals surface area (Å²) in [6.07, 6.45) is 1.59. The zero-order chi connectivity index (χ0) is 18.1. The van der Waals surface area contributed by atoms with Crippen molar-refractivity contribution in [2.75, 3.05) is 13.6 Å². The summed E-state index contributed by atoms with van der Waals surface area (Å²) in [6, 6.07) is 8.72. The van der Waals surface area contributed by atoms with Crippen molar-refractivity contribution in [1.29, 1.82) is 5.26 Å². The summed E-state index contributed by atoms with van der Waals surface area (Å²) in [5.41, 5.74) is 2.22. The highest BCUT2D eigenvalue weighted by Crippen LogP contribution is 2.29. The quantitative estimate of drug-likeness (QED) is 0.658. The van der Waals surface area contributed by atoms with Gasteiger partial charge in [-0.3, -0.25) is 9.48 Å². The molecule has 0 saturated heterocycles. The number of rotatable bonds is 3. The second kappa shape index (κ2) is 6.71. The molecule has 1 aromatic carbocycles. The molecule has 3 aromatic rings. The number of hydrogen-bond donors (Lipinski definition) is 0. The Bertz CT molecular complexity index is 1000. The Kier molecular flexibility index (Phi) is 4.62. The van der Waals surface area contributed by atoms with Crippen molar-refractivity contribution in [3.05, 3.63) is 46.1 Å². The first-order valence-electron chi connectivity index (χ1n) is 7.32. The first-order valence-corrected chi connectivity index (χ1v) is 8.08. The van der Waals surface area contributed by atoms with Gasteiger partial charge in [0.2, 0.25) is 0 Å². The number of benzene rings is 1. The first-order chi connectivity index (χ1) is 11.9. The van der Waals surface area contributed by atoms with E-state index in [4.69, 9.17) is 28.5 Å².